The van der Waals surface area contributed by atoms with E-state index in [4.69, 9.17) is 11.6 Å². The van der Waals surface area contributed by atoms with Crippen LogP contribution in [0.2, 0.25) is 5.15 Å². The van der Waals surface area contributed by atoms with E-state index >= 15 is 0 Å². The molecule has 0 aliphatic carbocycles. The Bertz CT molecular complexity index is 793. The van der Waals surface area contributed by atoms with Crippen molar-refractivity contribution in [2.45, 2.75) is 18.7 Å². The Labute approximate surface area is 149 Å². The maximum atomic E-state index is 12.3. The predicted octanol–water partition coefficient (Wildman–Crippen LogP) is 2.61. The molecule has 2 heterocycles. The summed E-state index contributed by atoms with van der Waals surface area (Å²) in [5.41, 5.74) is 2.55. The Morgan fingerprint density at radius 3 is 2.75 bits per heavy atom. The van der Waals surface area contributed by atoms with Gasteiger partial charge in [-0.2, -0.15) is 5.10 Å². The third-order valence-corrected chi connectivity index (χ3v) is 5.76. The van der Waals surface area contributed by atoms with Crippen LogP contribution in [0.1, 0.15) is 22.2 Å². The van der Waals surface area contributed by atoms with Crippen molar-refractivity contribution in [3.05, 3.63) is 40.2 Å². The molecule has 128 valence electrons. The fourth-order valence-corrected chi connectivity index (χ4v) is 4.50. The van der Waals surface area contributed by atoms with Gasteiger partial charge < -0.3 is 15.1 Å². The lowest BCUT2D eigenvalue weighted by Gasteiger charge is -2.24. The number of aromatic nitrogens is 2. The van der Waals surface area contributed by atoms with Gasteiger partial charge in [-0.25, -0.2) is 0 Å². The molecule has 24 heavy (non-hydrogen) atoms. The third kappa shape index (κ3) is 3.06. The van der Waals surface area contributed by atoms with Crippen molar-refractivity contribution in [3.63, 3.8) is 0 Å². The van der Waals surface area contributed by atoms with Gasteiger partial charge in [0.2, 0.25) is 5.91 Å². The first-order valence-electron chi connectivity index (χ1n) is 7.49. The van der Waals surface area contributed by atoms with E-state index in [0.29, 0.717) is 23.9 Å². The van der Waals surface area contributed by atoms with Gasteiger partial charge in [0.25, 0.3) is 0 Å². The maximum Gasteiger partial charge on any atom is 0.233 e. The highest BCUT2D eigenvalue weighted by molar-refractivity contribution is 8.00. The summed E-state index contributed by atoms with van der Waals surface area (Å²) in [6.07, 6.45) is 0.577. The highest BCUT2D eigenvalue weighted by atomic mass is 35.5. The molecule has 1 aliphatic rings. The molecular weight excluding hydrogens is 350 g/mol. The van der Waals surface area contributed by atoms with Crippen molar-refractivity contribution in [1.82, 2.24) is 14.7 Å². The summed E-state index contributed by atoms with van der Waals surface area (Å²) in [4.78, 5) is 14.1. The number of benzene rings is 1. The van der Waals surface area contributed by atoms with Crippen molar-refractivity contribution in [1.29, 1.82) is 0 Å². The number of aryl methyl sites for hydroxylation is 2. The zero-order chi connectivity index (χ0) is 17.4. The van der Waals surface area contributed by atoms with Crippen LogP contribution >= 0.6 is 23.4 Å². The fourth-order valence-electron chi connectivity index (χ4n) is 2.84. The number of carbonyl (C=O) groups excluding carboxylic acids is 1. The van der Waals surface area contributed by atoms with Gasteiger partial charge in [0, 0.05) is 19.2 Å². The topological polar surface area (TPSA) is 78.6 Å². The first-order valence-corrected chi connectivity index (χ1v) is 8.92. The summed E-state index contributed by atoms with van der Waals surface area (Å²) in [7, 11) is 1.78. The highest BCUT2D eigenvalue weighted by Crippen LogP contribution is 2.42. The summed E-state index contributed by atoms with van der Waals surface area (Å²) in [5.74, 6) is 0.169. The largest absolute Gasteiger partial charge is 0.504 e. The predicted molar refractivity (Wildman–Crippen MR) is 93.3 cm³/mol. The lowest BCUT2D eigenvalue weighted by Crippen LogP contribution is -2.30. The number of nitrogens with zero attached hydrogens (tertiary/aromatic N) is 3. The van der Waals surface area contributed by atoms with E-state index in [1.165, 1.54) is 12.1 Å². The van der Waals surface area contributed by atoms with Gasteiger partial charge in [0.1, 0.15) is 10.5 Å². The minimum absolute atomic E-state index is 0.0623. The maximum absolute atomic E-state index is 12.3. The lowest BCUT2D eigenvalue weighted by atomic mass is 10.1. The van der Waals surface area contributed by atoms with Crippen LogP contribution in [0.3, 0.4) is 0 Å². The molecule has 0 radical (unpaired) electrons. The number of phenols is 2. The molecule has 1 aliphatic heterocycles. The Hall–Kier alpha value is -1.86. The summed E-state index contributed by atoms with van der Waals surface area (Å²) in [5, 5.41) is 23.7. The minimum Gasteiger partial charge on any atom is -0.504 e. The SMILES string of the molecule is Cc1nn(C)c(Cl)c1C1SCC(=O)N1CCc1ccc(O)c(O)c1. The molecule has 1 aromatic heterocycles. The normalized spacial score (nSPS) is 17.7. The summed E-state index contributed by atoms with van der Waals surface area (Å²) in [6, 6.07) is 4.70. The molecule has 8 heteroatoms. The number of halogens is 1. The average molecular weight is 368 g/mol. The summed E-state index contributed by atoms with van der Waals surface area (Å²) in [6.45, 7) is 2.39. The summed E-state index contributed by atoms with van der Waals surface area (Å²) < 4.78 is 1.62. The molecule has 1 unspecified atom stereocenters. The molecular formula is C16H18ClN3O3S. The molecule has 1 aromatic carbocycles. The van der Waals surface area contributed by atoms with E-state index in [0.717, 1.165) is 16.8 Å². The van der Waals surface area contributed by atoms with Crippen LogP contribution in [0.4, 0.5) is 0 Å². The van der Waals surface area contributed by atoms with Crippen LogP contribution in [0, 0.1) is 6.92 Å². The van der Waals surface area contributed by atoms with Crippen LogP contribution in [0.15, 0.2) is 18.2 Å². The number of hydrogen-bond donors (Lipinski definition) is 2. The molecule has 1 fully saturated rings. The number of hydrogen-bond acceptors (Lipinski definition) is 5. The zero-order valence-electron chi connectivity index (χ0n) is 13.4. The van der Waals surface area contributed by atoms with E-state index in [-0.39, 0.29) is 22.8 Å². The van der Waals surface area contributed by atoms with E-state index in [1.807, 2.05) is 6.92 Å². The second-order valence-electron chi connectivity index (χ2n) is 5.74. The molecule has 1 amide bonds. The first kappa shape index (κ1) is 17.0. The number of thioether (sulfide) groups is 1. The average Bonchev–Trinajstić information content (AvgIpc) is 3.00. The Balaban J connectivity index is 1.79. The molecule has 2 N–H and O–H groups in total. The molecule has 0 bridgehead atoms. The molecule has 1 atom stereocenters. The fraction of sp³-hybridized carbons (Fsp3) is 0.375. The smallest absolute Gasteiger partial charge is 0.233 e. The zero-order valence-corrected chi connectivity index (χ0v) is 14.9. The standard InChI is InChI=1S/C16H18ClN3O3S/c1-9-14(15(17)19(2)18-9)16-20(13(23)8-24-16)6-5-10-3-4-11(21)12(22)7-10/h3-4,7,16,21-22H,5-6,8H2,1-2H3. The van der Waals surface area contributed by atoms with Gasteiger partial charge in [-0.1, -0.05) is 17.7 Å². The van der Waals surface area contributed by atoms with Crippen molar-refractivity contribution >= 4 is 29.3 Å². The van der Waals surface area contributed by atoms with Gasteiger partial charge in [-0.3, -0.25) is 9.48 Å². The van der Waals surface area contributed by atoms with Gasteiger partial charge in [0.15, 0.2) is 11.5 Å². The van der Waals surface area contributed by atoms with Crippen LogP contribution in [-0.4, -0.2) is 43.1 Å². The van der Waals surface area contributed by atoms with Crippen LogP contribution < -0.4 is 0 Å². The Kier molecular flexibility index (Phi) is 4.64. The first-order chi connectivity index (χ1) is 11.4. The van der Waals surface area contributed by atoms with E-state index in [1.54, 1.807) is 34.5 Å². The van der Waals surface area contributed by atoms with Crippen LogP contribution in [0.5, 0.6) is 11.5 Å². The van der Waals surface area contributed by atoms with E-state index < -0.39 is 0 Å². The molecule has 0 spiro atoms. The number of rotatable bonds is 4. The Morgan fingerprint density at radius 1 is 1.38 bits per heavy atom. The highest BCUT2D eigenvalue weighted by Gasteiger charge is 2.36. The lowest BCUT2D eigenvalue weighted by molar-refractivity contribution is -0.128. The van der Waals surface area contributed by atoms with E-state index in [2.05, 4.69) is 5.10 Å². The molecule has 0 saturated carbocycles. The number of amides is 1. The summed E-state index contributed by atoms with van der Waals surface area (Å²) >= 11 is 7.89. The van der Waals surface area contributed by atoms with Crippen molar-refractivity contribution in [2.24, 2.45) is 7.05 Å². The molecule has 6 nitrogen and oxygen atoms in total. The van der Waals surface area contributed by atoms with Crippen molar-refractivity contribution < 1.29 is 15.0 Å². The van der Waals surface area contributed by atoms with Gasteiger partial charge in [-0.15, -0.1) is 11.8 Å². The molecule has 2 aromatic rings. The molecule has 1 saturated heterocycles. The van der Waals surface area contributed by atoms with Gasteiger partial charge >= 0.3 is 0 Å². The van der Waals surface area contributed by atoms with Crippen LogP contribution in [-0.2, 0) is 18.3 Å². The minimum atomic E-state index is -0.155. The van der Waals surface area contributed by atoms with Crippen molar-refractivity contribution in [3.8, 4) is 11.5 Å². The number of aromatic hydroxyl groups is 2. The Morgan fingerprint density at radius 2 is 2.12 bits per heavy atom. The number of phenolic OH excluding ortho intramolecular Hbond substituents is 2. The third-order valence-electron chi connectivity index (χ3n) is 4.09. The molecule has 3 rings (SSSR count). The number of carbonyl (C=O) groups is 1. The van der Waals surface area contributed by atoms with Crippen molar-refractivity contribution in [2.75, 3.05) is 12.3 Å². The van der Waals surface area contributed by atoms with Crippen LogP contribution in [0.25, 0.3) is 0 Å². The second-order valence-corrected chi connectivity index (χ2v) is 7.16. The monoisotopic (exact) mass is 367 g/mol. The quantitative estimate of drug-likeness (QED) is 0.812. The van der Waals surface area contributed by atoms with Gasteiger partial charge in [0.05, 0.1) is 11.4 Å². The van der Waals surface area contributed by atoms with E-state index in [9.17, 15) is 15.0 Å². The second kappa shape index (κ2) is 6.57. The van der Waals surface area contributed by atoms with Gasteiger partial charge in [-0.05, 0) is 31.0 Å².